The molecule has 4 rings (SSSR count). The Balaban J connectivity index is 1.44. The summed E-state index contributed by atoms with van der Waals surface area (Å²) in [6.07, 6.45) is 3.74. The molecule has 0 unspecified atom stereocenters. The summed E-state index contributed by atoms with van der Waals surface area (Å²) in [5.74, 6) is 0.954. The number of nitrogens with zero attached hydrogens (tertiary/aromatic N) is 2. The number of fused-ring (bicyclic) bond motifs is 1. The highest BCUT2D eigenvalue weighted by Crippen LogP contribution is 2.30. The van der Waals surface area contributed by atoms with Gasteiger partial charge < -0.3 is 24.1 Å². The van der Waals surface area contributed by atoms with Crippen molar-refractivity contribution in [3.05, 3.63) is 59.6 Å². The van der Waals surface area contributed by atoms with E-state index in [2.05, 4.69) is 10.3 Å². The number of benzene rings is 1. The van der Waals surface area contributed by atoms with Crippen molar-refractivity contribution in [3.63, 3.8) is 0 Å². The molecule has 8 heteroatoms. The summed E-state index contributed by atoms with van der Waals surface area (Å²) in [5, 5.41) is 3.74. The van der Waals surface area contributed by atoms with Crippen LogP contribution in [-0.2, 0) is 11.3 Å². The third-order valence-corrected chi connectivity index (χ3v) is 5.39. The van der Waals surface area contributed by atoms with Gasteiger partial charge in [-0.3, -0.25) is 9.78 Å². The Bertz CT molecular complexity index is 1150. The van der Waals surface area contributed by atoms with E-state index in [0.717, 1.165) is 5.56 Å². The number of rotatable bonds is 5. The lowest BCUT2D eigenvalue weighted by molar-refractivity contribution is 0.0290. The van der Waals surface area contributed by atoms with Gasteiger partial charge in [0.1, 0.15) is 29.3 Å². The van der Waals surface area contributed by atoms with Crippen LogP contribution in [0.1, 0.15) is 48.9 Å². The smallest absolute Gasteiger partial charge is 0.410 e. The number of aryl methyl sites for hydroxylation is 1. The third-order valence-electron chi connectivity index (χ3n) is 5.39. The van der Waals surface area contributed by atoms with Crippen molar-refractivity contribution in [3.8, 4) is 5.75 Å². The molecular formula is C25H29N3O5. The summed E-state index contributed by atoms with van der Waals surface area (Å²) in [7, 11) is 0. The van der Waals surface area contributed by atoms with Crippen molar-refractivity contribution in [1.29, 1.82) is 0 Å². The highest BCUT2D eigenvalue weighted by atomic mass is 16.6. The first kappa shape index (κ1) is 22.6. The minimum Gasteiger partial charge on any atom is -0.489 e. The fourth-order valence-corrected chi connectivity index (χ4v) is 3.84. The third kappa shape index (κ3) is 5.45. The van der Waals surface area contributed by atoms with E-state index in [1.54, 1.807) is 30.3 Å². The van der Waals surface area contributed by atoms with Crippen LogP contribution in [0.2, 0.25) is 0 Å². The Morgan fingerprint density at radius 3 is 2.70 bits per heavy atom. The van der Waals surface area contributed by atoms with E-state index in [0.29, 0.717) is 54.2 Å². The van der Waals surface area contributed by atoms with Gasteiger partial charge in [0.2, 0.25) is 0 Å². The maximum atomic E-state index is 13.1. The summed E-state index contributed by atoms with van der Waals surface area (Å²) in [6, 6.07) is 9.08. The van der Waals surface area contributed by atoms with Gasteiger partial charge in [-0.2, -0.15) is 0 Å². The molecule has 0 bridgehead atoms. The summed E-state index contributed by atoms with van der Waals surface area (Å²) < 4.78 is 17.1. The molecule has 0 spiro atoms. The highest BCUT2D eigenvalue weighted by Gasteiger charge is 2.31. The van der Waals surface area contributed by atoms with Crippen LogP contribution in [0.3, 0.4) is 0 Å². The molecule has 8 nitrogen and oxygen atoms in total. The molecule has 1 saturated heterocycles. The largest absolute Gasteiger partial charge is 0.489 e. The maximum Gasteiger partial charge on any atom is 0.410 e. The highest BCUT2D eigenvalue weighted by molar-refractivity contribution is 6.07. The first-order chi connectivity index (χ1) is 15.7. The number of ether oxygens (including phenoxy) is 2. The fraction of sp³-hybridized carbons (Fsp3) is 0.400. The second kappa shape index (κ2) is 9.13. The van der Waals surface area contributed by atoms with Gasteiger partial charge in [-0.25, -0.2) is 4.79 Å². The first-order valence-corrected chi connectivity index (χ1v) is 11.0. The Labute approximate surface area is 192 Å². The molecule has 3 heterocycles. The van der Waals surface area contributed by atoms with E-state index in [1.807, 2.05) is 45.0 Å². The average Bonchev–Trinajstić information content (AvgIpc) is 3.35. The summed E-state index contributed by atoms with van der Waals surface area (Å²) in [6.45, 7) is 8.63. The monoisotopic (exact) mass is 451 g/mol. The minimum atomic E-state index is -0.553. The zero-order valence-corrected chi connectivity index (χ0v) is 19.4. The van der Waals surface area contributed by atoms with Crippen LogP contribution in [0, 0.1) is 6.92 Å². The quantitative estimate of drug-likeness (QED) is 0.616. The molecule has 0 aliphatic carbocycles. The van der Waals surface area contributed by atoms with Crippen LogP contribution >= 0.6 is 0 Å². The zero-order valence-electron chi connectivity index (χ0n) is 19.4. The van der Waals surface area contributed by atoms with Crippen LogP contribution in [-0.4, -0.2) is 46.6 Å². The Hall–Kier alpha value is -3.55. The second-order valence-corrected chi connectivity index (χ2v) is 9.22. The van der Waals surface area contributed by atoms with Gasteiger partial charge in [0, 0.05) is 36.9 Å². The number of amides is 2. The maximum absolute atomic E-state index is 13.1. The molecule has 174 valence electrons. The molecule has 1 aromatic carbocycles. The van der Waals surface area contributed by atoms with Crippen LogP contribution in [0.5, 0.6) is 5.75 Å². The molecule has 2 amide bonds. The predicted molar refractivity (Wildman–Crippen MR) is 123 cm³/mol. The van der Waals surface area contributed by atoms with E-state index >= 15 is 0 Å². The van der Waals surface area contributed by atoms with Crippen LogP contribution in [0.25, 0.3) is 11.0 Å². The summed E-state index contributed by atoms with van der Waals surface area (Å²) in [4.78, 5) is 31.1. The topological polar surface area (TPSA) is 93.9 Å². The number of likely N-dealkylation sites (tertiary alicyclic amines) is 1. The van der Waals surface area contributed by atoms with Crippen molar-refractivity contribution in [1.82, 2.24) is 15.2 Å². The predicted octanol–water partition coefficient (Wildman–Crippen LogP) is 4.45. The number of hydrogen-bond donors (Lipinski definition) is 1. The molecule has 1 aliphatic heterocycles. The van der Waals surface area contributed by atoms with Crippen LogP contribution in [0.4, 0.5) is 4.79 Å². The number of hydrogen-bond acceptors (Lipinski definition) is 6. The Kier molecular flexibility index (Phi) is 6.26. The molecule has 1 fully saturated rings. The number of carbonyl (C=O) groups is 2. The standard InChI is InChI=1S/C25H29N3O5/c1-16-22(23(29)27-18-9-12-28(14-18)24(30)33-25(2,3)4)20-13-19(5-6-21(20)32-16)31-15-17-7-10-26-11-8-17/h5-8,10-11,13,18H,9,12,14-15H2,1-4H3,(H,27,29)/t18-/m1/s1. The van der Waals surface area contributed by atoms with Gasteiger partial charge in [0.25, 0.3) is 5.91 Å². The van der Waals surface area contributed by atoms with Crippen molar-refractivity contribution in [2.45, 2.75) is 52.4 Å². The van der Waals surface area contributed by atoms with Crippen LogP contribution in [0.15, 0.2) is 47.1 Å². The average molecular weight is 452 g/mol. The number of carbonyl (C=O) groups excluding carboxylic acids is 2. The normalized spacial score (nSPS) is 16.1. The van der Waals surface area contributed by atoms with Crippen molar-refractivity contribution < 1.29 is 23.5 Å². The SMILES string of the molecule is Cc1oc2ccc(OCc3ccncc3)cc2c1C(=O)N[C@@H]1CCN(C(=O)OC(C)(C)C)C1. The van der Waals surface area contributed by atoms with E-state index in [9.17, 15) is 9.59 Å². The molecule has 3 aromatic rings. The van der Waals surface area contributed by atoms with Gasteiger partial charge in [-0.15, -0.1) is 0 Å². The lowest BCUT2D eigenvalue weighted by Gasteiger charge is -2.24. The molecule has 1 atom stereocenters. The molecule has 0 saturated carbocycles. The number of pyridine rings is 1. The first-order valence-electron chi connectivity index (χ1n) is 11.0. The van der Waals surface area contributed by atoms with Crippen LogP contribution < -0.4 is 10.1 Å². The van der Waals surface area contributed by atoms with Crippen molar-refractivity contribution in [2.24, 2.45) is 0 Å². The lowest BCUT2D eigenvalue weighted by Crippen LogP contribution is -2.40. The molecule has 1 N–H and O–H groups in total. The molecule has 33 heavy (non-hydrogen) atoms. The lowest BCUT2D eigenvalue weighted by atomic mass is 10.1. The van der Waals surface area contributed by atoms with Crippen molar-refractivity contribution in [2.75, 3.05) is 13.1 Å². The van der Waals surface area contributed by atoms with E-state index in [4.69, 9.17) is 13.9 Å². The van der Waals surface area contributed by atoms with Gasteiger partial charge in [-0.05, 0) is 70.0 Å². The number of nitrogens with one attached hydrogen (secondary N) is 1. The number of aromatic nitrogens is 1. The molecule has 2 aromatic heterocycles. The summed E-state index contributed by atoms with van der Waals surface area (Å²) >= 11 is 0. The van der Waals surface area contributed by atoms with E-state index < -0.39 is 5.60 Å². The number of furan rings is 1. The molecule has 0 radical (unpaired) electrons. The zero-order chi connectivity index (χ0) is 23.6. The summed E-state index contributed by atoms with van der Waals surface area (Å²) in [5.41, 5.74) is 1.55. The van der Waals surface area contributed by atoms with Gasteiger partial charge >= 0.3 is 6.09 Å². The Morgan fingerprint density at radius 1 is 1.21 bits per heavy atom. The van der Waals surface area contributed by atoms with Crippen molar-refractivity contribution >= 4 is 23.0 Å². The van der Waals surface area contributed by atoms with Gasteiger partial charge in [-0.1, -0.05) is 0 Å². The molecular weight excluding hydrogens is 422 g/mol. The van der Waals surface area contributed by atoms with Gasteiger partial charge in [0.15, 0.2) is 0 Å². The van der Waals surface area contributed by atoms with E-state index in [1.165, 1.54) is 0 Å². The second-order valence-electron chi connectivity index (χ2n) is 9.22. The fourth-order valence-electron chi connectivity index (χ4n) is 3.84. The Morgan fingerprint density at radius 2 is 1.97 bits per heavy atom. The van der Waals surface area contributed by atoms with Gasteiger partial charge in [0.05, 0.1) is 5.56 Å². The molecule has 1 aliphatic rings. The minimum absolute atomic E-state index is 0.152. The van der Waals surface area contributed by atoms with E-state index in [-0.39, 0.29) is 18.0 Å².